The van der Waals surface area contributed by atoms with Gasteiger partial charge in [0.1, 0.15) is 5.69 Å². The molecule has 132 valence electrons. The number of carbonyl (C=O) groups excluding carboxylic acids is 2. The largest absolute Gasteiger partial charge is 0.350 e. The maximum Gasteiger partial charge on any atom is 0.269 e. The normalized spacial score (nSPS) is 10.8. The van der Waals surface area contributed by atoms with E-state index in [4.69, 9.17) is 0 Å². The molecular formula is C20H25N3O2. The molecule has 1 aromatic carbocycles. The van der Waals surface area contributed by atoms with Gasteiger partial charge in [0.25, 0.3) is 11.8 Å². The first-order valence-corrected chi connectivity index (χ1v) is 8.53. The molecule has 1 heterocycles. The Labute approximate surface area is 148 Å². The zero-order valence-corrected chi connectivity index (χ0v) is 15.2. The van der Waals surface area contributed by atoms with E-state index in [9.17, 15) is 9.59 Å². The van der Waals surface area contributed by atoms with E-state index in [2.05, 4.69) is 29.5 Å². The molecular weight excluding hydrogens is 314 g/mol. The third kappa shape index (κ3) is 5.14. The number of anilines is 1. The zero-order chi connectivity index (χ0) is 18.4. The van der Waals surface area contributed by atoms with Crippen molar-refractivity contribution in [1.82, 2.24) is 10.3 Å². The fourth-order valence-corrected chi connectivity index (χ4v) is 2.39. The first-order valence-electron chi connectivity index (χ1n) is 8.53. The fraction of sp³-hybridized carbons (Fsp3) is 0.350. The lowest BCUT2D eigenvalue weighted by atomic mass is 10.0. The van der Waals surface area contributed by atoms with E-state index in [-0.39, 0.29) is 17.5 Å². The average Bonchev–Trinajstić information content (AvgIpc) is 2.60. The molecule has 0 aliphatic rings. The van der Waals surface area contributed by atoms with Crippen LogP contribution in [-0.2, 0) is 0 Å². The van der Waals surface area contributed by atoms with Crippen molar-refractivity contribution in [3.8, 4) is 0 Å². The van der Waals surface area contributed by atoms with Crippen molar-refractivity contribution in [3.63, 3.8) is 0 Å². The summed E-state index contributed by atoms with van der Waals surface area (Å²) in [5.74, 6) is 0.119. The molecule has 0 spiro atoms. The number of aromatic nitrogens is 1. The quantitative estimate of drug-likeness (QED) is 0.840. The second kappa shape index (κ2) is 8.42. The second-order valence-corrected chi connectivity index (χ2v) is 6.73. The van der Waals surface area contributed by atoms with Gasteiger partial charge in [0.05, 0.1) is 0 Å². The molecule has 0 bridgehead atoms. The molecule has 5 heteroatoms. The summed E-state index contributed by atoms with van der Waals surface area (Å²) in [5.41, 5.74) is 2.50. The van der Waals surface area contributed by atoms with Crippen LogP contribution in [0.25, 0.3) is 0 Å². The van der Waals surface area contributed by atoms with E-state index in [1.165, 1.54) is 12.3 Å². The van der Waals surface area contributed by atoms with Gasteiger partial charge in [0.2, 0.25) is 0 Å². The molecule has 2 aromatic rings. The van der Waals surface area contributed by atoms with Gasteiger partial charge in [-0.2, -0.15) is 0 Å². The monoisotopic (exact) mass is 339 g/mol. The Hall–Kier alpha value is -2.69. The molecule has 2 N–H and O–H groups in total. The number of nitrogens with one attached hydrogen (secondary N) is 2. The summed E-state index contributed by atoms with van der Waals surface area (Å²) in [5, 5.41) is 5.73. The van der Waals surface area contributed by atoms with Gasteiger partial charge >= 0.3 is 0 Å². The molecule has 0 fully saturated rings. The first kappa shape index (κ1) is 18.6. The van der Waals surface area contributed by atoms with Crippen molar-refractivity contribution >= 4 is 17.5 Å². The Kier molecular flexibility index (Phi) is 6.28. The standard InChI is InChI=1S/C20H25N3O2/c1-13(2)12-22-20(25)18-11-15(9-10-21-18)19(24)23-17-8-6-5-7-16(17)14(3)4/h5-11,13-14H,12H2,1-4H3,(H,22,25)(H,23,24). The van der Waals surface area contributed by atoms with E-state index >= 15 is 0 Å². The highest BCUT2D eigenvalue weighted by molar-refractivity contribution is 6.06. The number of para-hydroxylation sites is 1. The summed E-state index contributed by atoms with van der Waals surface area (Å²) in [6, 6.07) is 10.8. The van der Waals surface area contributed by atoms with Crippen LogP contribution in [0.1, 0.15) is 60.0 Å². The summed E-state index contributed by atoms with van der Waals surface area (Å²) < 4.78 is 0. The van der Waals surface area contributed by atoms with E-state index in [1.807, 2.05) is 38.1 Å². The van der Waals surface area contributed by atoms with Crippen molar-refractivity contribution in [3.05, 3.63) is 59.4 Å². The molecule has 0 radical (unpaired) electrons. The van der Waals surface area contributed by atoms with Crippen LogP contribution in [0.2, 0.25) is 0 Å². The fourth-order valence-electron chi connectivity index (χ4n) is 2.39. The van der Waals surface area contributed by atoms with Crippen LogP contribution in [0, 0.1) is 5.92 Å². The van der Waals surface area contributed by atoms with Crippen LogP contribution in [0.5, 0.6) is 0 Å². The van der Waals surface area contributed by atoms with Crippen LogP contribution in [0.4, 0.5) is 5.69 Å². The summed E-state index contributed by atoms with van der Waals surface area (Å²) in [7, 11) is 0. The Balaban J connectivity index is 2.15. The lowest BCUT2D eigenvalue weighted by Gasteiger charge is -2.14. The van der Waals surface area contributed by atoms with Gasteiger partial charge in [-0.3, -0.25) is 14.6 Å². The summed E-state index contributed by atoms with van der Waals surface area (Å²) in [6.45, 7) is 8.76. The summed E-state index contributed by atoms with van der Waals surface area (Å²) in [6.07, 6.45) is 1.48. The zero-order valence-electron chi connectivity index (χ0n) is 15.2. The number of carbonyl (C=O) groups is 2. The average molecular weight is 339 g/mol. The molecule has 2 amide bonds. The van der Waals surface area contributed by atoms with Crippen LogP contribution >= 0.6 is 0 Å². The highest BCUT2D eigenvalue weighted by atomic mass is 16.2. The van der Waals surface area contributed by atoms with Crippen molar-refractivity contribution in [2.75, 3.05) is 11.9 Å². The van der Waals surface area contributed by atoms with Crippen molar-refractivity contribution in [2.45, 2.75) is 33.6 Å². The number of amides is 2. The topological polar surface area (TPSA) is 71.1 Å². The van der Waals surface area contributed by atoms with Gasteiger partial charge in [-0.05, 0) is 35.6 Å². The van der Waals surface area contributed by atoms with Crippen LogP contribution in [-0.4, -0.2) is 23.3 Å². The minimum Gasteiger partial charge on any atom is -0.350 e. The van der Waals surface area contributed by atoms with E-state index < -0.39 is 0 Å². The summed E-state index contributed by atoms with van der Waals surface area (Å²) in [4.78, 5) is 28.7. The number of hydrogen-bond acceptors (Lipinski definition) is 3. The van der Waals surface area contributed by atoms with Crippen LogP contribution in [0.15, 0.2) is 42.6 Å². The third-order valence-electron chi connectivity index (χ3n) is 3.76. The molecule has 0 aliphatic carbocycles. The minimum atomic E-state index is -0.272. The maximum absolute atomic E-state index is 12.6. The van der Waals surface area contributed by atoms with Crippen molar-refractivity contribution in [1.29, 1.82) is 0 Å². The van der Waals surface area contributed by atoms with E-state index in [1.54, 1.807) is 6.07 Å². The Morgan fingerprint density at radius 2 is 1.76 bits per heavy atom. The molecule has 0 atom stereocenters. The molecule has 0 aliphatic heterocycles. The molecule has 0 unspecified atom stereocenters. The predicted octanol–water partition coefficient (Wildman–Crippen LogP) is 3.84. The van der Waals surface area contributed by atoms with Crippen LogP contribution in [0.3, 0.4) is 0 Å². The van der Waals surface area contributed by atoms with Crippen LogP contribution < -0.4 is 10.6 Å². The van der Waals surface area contributed by atoms with Gasteiger partial charge in [0.15, 0.2) is 0 Å². The van der Waals surface area contributed by atoms with Gasteiger partial charge in [0, 0.05) is 24.0 Å². The molecule has 5 nitrogen and oxygen atoms in total. The number of hydrogen-bond donors (Lipinski definition) is 2. The third-order valence-corrected chi connectivity index (χ3v) is 3.76. The highest BCUT2D eigenvalue weighted by Crippen LogP contribution is 2.24. The Morgan fingerprint density at radius 3 is 2.44 bits per heavy atom. The number of rotatable bonds is 6. The molecule has 2 rings (SSSR count). The Bertz CT molecular complexity index is 754. The minimum absolute atomic E-state index is 0.241. The van der Waals surface area contributed by atoms with Gasteiger partial charge in [-0.1, -0.05) is 45.9 Å². The number of benzene rings is 1. The Morgan fingerprint density at radius 1 is 1.04 bits per heavy atom. The van der Waals surface area contributed by atoms with Gasteiger partial charge < -0.3 is 10.6 Å². The maximum atomic E-state index is 12.6. The molecule has 0 saturated carbocycles. The molecule has 0 saturated heterocycles. The lowest BCUT2D eigenvalue weighted by molar-refractivity contribution is 0.0944. The second-order valence-electron chi connectivity index (χ2n) is 6.73. The SMILES string of the molecule is CC(C)CNC(=O)c1cc(C(=O)Nc2ccccc2C(C)C)ccn1. The van der Waals surface area contributed by atoms with Crippen molar-refractivity contribution < 1.29 is 9.59 Å². The molecule has 1 aromatic heterocycles. The van der Waals surface area contributed by atoms with Gasteiger partial charge in [-0.15, -0.1) is 0 Å². The summed E-state index contributed by atoms with van der Waals surface area (Å²) >= 11 is 0. The van der Waals surface area contributed by atoms with Crippen molar-refractivity contribution in [2.24, 2.45) is 5.92 Å². The van der Waals surface area contributed by atoms with Gasteiger partial charge in [-0.25, -0.2) is 0 Å². The number of nitrogens with zero attached hydrogens (tertiary/aromatic N) is 1. The predicted molar refractivity (Wildman–Crippen MR) is 99.9 cm³/mol. The first-order chi connectivity index (χ1) is 11.9. The lowest BCUT2D eigenvalue weighted by Crippen LogP contribution is -2.28. The highest BCUT2D eigenvalue weighted by Gasteiger charge is 2.14. The van der Waals surface area contributed by atoms with E-state index in [0.29, 0.717) is 23.9 Å². The number of pyridine rings is 1. The molecule has 25 heavy (non-hydrogen) atoms. The smallest absolute Gasteiger partial charge is 0.269 e. The van der Waals surface area contributed by atoms with E-state index in [0.717, 1.165) is 11.3 Å².